The second kappa shape index (κ2) is 6.27. The summed E-state index contributed by atoms with van der Waals surface area (Å²) in [6.07, 6.45) is 3.10. The predicted octanol–water partition coefficient (Wildman–Crippen LogP) is 2.74. The zero-order chi connectivity index (χ0) is 14.9. The minimum atomic E-state index is 0.0149. The molecule has 0 bridgehead atoms. The molecule has 0 spiro atoms. The fourth-order valence-corrected chi connectivity index (χ4v) is 4.86. The van der Waals surface area contributed by atoms with Gasteiger partial charge in [0.15, 0.2) is 0 Å². The molecule has 1 amide bonds. The Morgan fingerprint density at radius 3 is 2.75 bits per heavy atom. The van der Waals surface area contributed by atoms with Crippen molar-refractivity contribution in [2.75, 3.05) is 18.8 Å². The van der Waals surface area contributed by atoms with Crippen LogP contribution in [0, 0.1) is 17.3 Å². The van der Waals surface area contributed by atoms with Gasteiger partial charge in [0.2, 0.25) is 5.91 Å². The van der Waals surface area contributed by atoms with Gasteiger partial charge in [0.1, 0.15) is 0 Å². The minimum Gasteiger partial charge on any atom is -0.341 e. The van der Waals surface area contributed by atoms with Crippen LogP contribution in [0.15, 0.2) is 0 Å². The van der Waals surface area contributed by atoms with E-state index >= 15 is 0 Å². The van der Waals surface area contributed by atoms with Gasteiger partial charge in [-0.05, 0) is 30.6 Å². The van der Waals surface area contributed by atoms with E-state index in [9.17, 15) is 4.79 Å². The van der Waals surface area contributed by atoms with E-state index in [1.54, 1.807) is 0 Å². The molecule has 2 N–H and O–H groups in total. The number of hydrogen-bond acceptors (Lipinski definition) is 3. The quantitative estimate of drug-likeness (QED) is 0.852. The van der Waals surface area contributed by atoms with Crippen LogP contribution in [0.1, 0.15) is 47.0 Å². The summed E-state index contributed by atoms with van der Waals surface area (Å²) in [5, 5.41) is 0.624. The molecule has 4 unspecified atom stereocenters. The monoisotopic (exact) mass is 298 g/mol. The van der Waals surface area contributed by atoms with Crippen molar-refractivity contribution < 1.29 is 4.79 Å². The smallest absolute Gasteiger partial charge is 0.226 e. The van der Waals surface area contributed by atoms with Crippen molar-refractivity contribution in [3.05, 3.63) is 0 Å². The molecule has 0 radical (unpaired) electrons. The summed E-state index contributed by atoms with van der Waals surface area (Å²) in [4.78, 5) is 15.1. The van der Waals surface area contributed by atoms with Crippen LogP contribution < -0.4 is 5.73 Å². The Hall–Kier alpha value is -0.220. The van der Waals surface area contributed by atoms with Crippen LogP contribution >= 0.6 is 11.8 Å². The maximum Gasteiger partial charge on any atom is 0.226 e. The highest BCUT2D eigenvalue weighted by Crippen LogP contribution is 2.45. The molecule has 1 heterocycles. The van der Waals surface area contributed by atoms with E-state index in [1.807, 2.05) is 11.8 Å². The van der Waals surface area contributed by atoms with Gasteiger partial charge in [0, 0.05) is 36.1 Å². The number of carbonyl (C=O) groups excluding carboxylic acids is 1. The molecule has 0 aromatic heterocycles. The molecule has 2 rings (SSSR count). The number of nitrogens with two attached hydrogens (primary N) is 1. The van der Waals surface area contributed by atoms with E-state index in [0.717, 1.165) is 38.1 Å². The molecule has 0 aromatic rings. The van der Waals surface area contributed by atoms with Crippen molar-refractivity contribution in [1.82, 2.24) is 4.90 Å². The van der Waals surface area contributed by atoms with E-state index in [1.165, 1.54) is 0 Å². The normalized spacial score (nSPS) is 37.8. The molecule has 1 saturated carbocycles. The summed E-state index contributed by atoms with van der Waals surface area (Å²) < 4.78 is 0. The predicted molar refractivity (Wildman–Crippen MR) is 86.8 cm³/mol. The van der Waals surface area contributed by atoms with Crippen molar-refractivity contribution in [3.63, 3.8) is 0 Å². The van der Waals surface area contributed by atoms with Gasteiger partial charge < -0.3 is 10.6 Å². The SMILES string of the molecule is CCC1CN(C(=O)C2CCC(N)C(C)C2(C)C)CCS1. The highest BCUT2D eigenvalue weighted by Gasteiger charge is 2.46. The van der Waals surface area contributed by atoms with Crippen LogP contribution in [0.2, 0.25) is 0 Å². The molecule has 2 aliphatic rings. The lowest BCUT2D eigenvalue weighted by molar-refractivity contribution is -0.143. The maximum absolute atomic E-state index is 13.0. The molecule has 1 saturated heterocycles. The number of hydrogen-bond donors (Lipinski definition) is 1. The van der Waals surface area contributed by atoms with Gasteiger partial charge in [-0.1, -0.05) is 27.7 Å². The van der Waals surface area contributed by atoms with Crippen LogP contribution in [-0.4, -0.2) is 40.9 Å². The van der Waals surface area contributed by atoms with Gasteiger partial charge in [-0.15, -0.1) is 0 Å². The van der Waals surface area contributed by atoms with Crippen LogP contribution in [-0.2, 0) is 4.79 Å². The first kappa shape index (κ1) is 16.2. The van der Waals surface area contributed by atoms with Crippen molar-refractivity contribution >= 4 is 17.7 Å². The first-order chi connectivity index (χ1) is 9.37. The number of amides is 1. The van der Waals surface area contributed by atoms with Gasteiger partial charge in [0.05, 0.1) is 0 Å². The lowest BCUT2D eigenvalue weighted by atomic mass is 9.60. The minimum absolute atomic E-state index is 0.0149. The van der Waals surface area contributed by atoms with Crippen LogP contribution in [0.4, 0.5) is 0 Å². The summed E-state index contributed by atoms with van der Waals surface area (Å²) >= 11 is 2.02. The van der Waals surface area contributed by atoms with Gasteiger partial charge in [-0.2, -0.15) is 11.8 Å². The Labute approximate surface area is 128 Å². The largest absolute Gasteiger partial charge is 0.341 e. The number of rotatable bonds is 2. The Bertz CT molecular complexity index is 358. The number of thioether (sulfide) groups is 1. The molecular formula is C16H30N2OS. The van der Waals surface area contributed by atoms with Crippen molar-refractivity contribution in [2.45, 2.75) is 58.2 Å². The molecule has 20 heavy (non-hydrogen) atoms. The third kappa shape index (κ3) is 3.01. The molecule has 0 aromatic carbocycles. The second-order valence-corrected chi connectivity index (χ2v) is 8.50. The topological polar surface area (TPSA) is 46.3 Å². The summed E-state index contributed by atoms with van der Waals surface area (Å²) in [6, 6.07) is 0.245. The van der Waals surface area contributed by atoms with Crippen LogP contribution in [0.3, 0.4) is 0 Å². The Balaban J connectivity index is 2.08. The standard InChI is InChI=1S/C16H30N2OS/c1-5-12-10-18(8-9-20-12)15(19)13-6-7-14(17)11(2)16(13,3)4/h11-14H,5-10,17H2,1-4H3. The molecular weight excluding hydrogens is 268 g/mol. The Morgan fingerprint density at radius 1 is 1.40 bits per heavy atom. The fraction of sp³-hybridized carbons (Fsp3) is 0.938. The summed E-state index contributed by atoms with van der Waals surface area (Å²) in [5.74, 6) is 2.03. The van der Waals surface area contributed by atoms with E-state index < -0.39 is 0 Å². The van der Waals surface area contributed by atoms with Gasteiger partial charge in [-0.3, -0.25) is 4.79 Å². The molecule has 1 aliphatic carbocycles. The molecule has 4 heteroatoms. The molecule has 116 valence electrons. The molecule has 4 atom stereocenters. The molecule has 2 fully saturated rings. The van der Waals surface area contributed by atoms with Crippen molar-refractivity contribution in [1.29, 1.82) is 0 Å². The lowest BCUT2D eigenvalue weighted by Crippen LogP contribution is -2.54. The van der Waals surface area contributed by atoms with Crippen LogP contribution in [0.25, 0.3) is 0 Å². The number of carbonyl (C=O) groups is 1. The first-order valence-electron chi connectivity index (χ1n) is 8.03. The Morgan fingerprint density at radius 2 is 2.10 bits per heavy atom. The van der Waals surface area contributed by atoms with Gasteiger partial charge in [-0.25, -0.2) is 0 Å². The summed E-state index contributed by atoms with van der Waals surface area (Å²) in [6.45, 7) is 10.8. The van der Waals surface area contributed by atoms with E-state index in [2.05, 4.69) is 32.6 Å². The zero-order valence-electron chi connectivity index (χ0n) is 13.4. The highest BCUT2D eigenvalue weighted by molar-refractivity contribution is 8.00. The highest BCUT2D eigenvalue weighted by atomic mass is 32.2. The maximum atomic E-state index is 13.0. The average molecular weight is 298 g/mol. The summed E-state index contributed by atoms with van der Waals surface area (Å²) in [7, 11) is 0. The number of nitrogens with zero attached hydrogens (tertiary/aromatic N) is 1. The summed E-state index contributed by atoms with van der Waals surface area (Å²) in [5.41, 5.74) is 6.22. The van der Waals surface area contributed by atoms with Gasteiger partial charge in [0.25, 0.3) is 0 Å². The van der Waals surface area contributed by atoms with Crippen LogP contribution in [0.5, 0.6) is 0 Å². The van der Waals surface area contributed by atoms with Crippen molar-refractivity contribution in [3.8, 4) is 0 Å². The third-order valence-corrected chi connectivity index (χ3v) is 7.08. The van der Waals surface area contributed by atoms with E-state index in [-0.39, 0.29) is 17.4 Å². The third-order valence-electron chi connectivity index (χ3n) is 5.71. The fourth-order valence-electron chi connectivity index (χ4n) is 3.68. The lowest BCUT2D eigenvalue weighted by Gasteiger charge is -2.48. The van der Waals surface area contributed by atoms with Crippen molar-refractivity contribution in [2.24, 2.45) is 23.0 Å². The molecule has 3 nitrogen and oxygen atoms in total. The molecule has 1 aliphatic heterocycles. The zero-order valence-corrected chi connectivity index (χ0v) is 14.2. The van der Waals surface area contributed by atoms with Gasteiger partial charge >= 0.3 is 0 Å². The second-order valence-electron chi connectivity index (χ2n) is 7.09. The van der Waals surface area contributed by atoms with E-state index in [0.29, 0.717) is 17.1 Å². The first-order valence-corrected chi connectivity index (χ1v) is 9.08. The van der Waals surface area contributed by atoms with E-state index in [4.69, 9.17) is 5.73 Å². The Kier molecular flexibility index (Phi) is 5.06. The average Bonchev–Trinajstić information content (AvgIpc) is 2.44.